The zero-order chi connectivity index (χ0) is 16.9. The average Bonchev–Trinajstić information content (AvgIpc) is 3.28. The Kier molecular flexibility index (Phi) is 4.92. The molecule has 3 rings (SSSR count). The number of hydrogen-bond donors (Lipinski definition) is 1. The predicted molar refractivity (Wildman–Crippen MR) is 87.7 cm³/mol. The van der Waals surface area contributed by atoms with Crippen LogP contribution >= 0.6 is 0 Å². The summed E-state index contributed by atoms with van der Waals surface area (Å²) in [6.07, 6.45) is 2.21. The third-order valence-electron chi connectivity index (χ3n) is 4.32. The second-order valence-electron chi connectivity index (χ2n) is 5.78. The topological polar surface area (TPSA) is 79.9 Å². The molecule has 0 unspecified atom stereocenters. The van der Waals surface area contributed by atoms with Gasteiger partial charge in [-0.15, -0.1) is 0 Å². The lowest BCUT2D eigenvalue weighted by molar-refractivity contribution is -0.127. The van der Waals surface area contributed by atoms with Crippen LogP contribution in [0.2, 0.25) is 0 Å². The van der Waals surface area contributed by atoms with Gasteiger partial charge in [-0.05, 0) is 37.1 Å². The lowest BCUT2D eigenvalue weighted by Crippen LogP contribution is -2.32. The minimum absolute atomic E-state index is 0.00860. The van der Waals surface area contributed by atoms with Crippen LogP contribution in [0.5, 0.6) is 0 Å². The summed E-state index contributed by atoms with van der Waals surface area (Å²) in [4.78, 5) is 12.6. The number of rotatable bonds is 5. The molecule has 1 N–H and O–H groups in total. The molecule has 0 spiro atoms. The molecule has 2 aromatic rings. The Bertz CT molecular complexity index is 745. The number of ether oxygens (including phenoxy) is 1. The van der Waals surface area contributed by atoms with Crippen LogP contribution in [-0.2, 0) is 22.6 Å². The van der Waals surface area contributed by atoms with Gasteiger partial charge in [0.2, 0.25) is 5.91 Å². The number of amides is 1. The first-order valence-electron chi connectivity index (χ1n) is 8.13. The maximum atomic E-state index is 12.6. The highest BCUT2D eigenvalue weighted by Crippen LogP contribution is 2.34. The van der Waals surface area contributed by atoms with E-state index in [1.807, 2.05) is 29.8 Å². The van der Waals surface area contributed by atoms with E-state index in [0.717, 1.165) is 17.8 Å². The maximum Gasteiger partial charge on any atom is 0.226 e. The first-order chi connectivity index (χ1) is 11.7. The van der Waals surface area contributed by atoms with Gasteiger partial charge < -0.3 is 10.1 Å². The van der Waals surface area contributed by atoms with Crippen LogP contribution in [0, 0.1) is 17.2 Å². The molecule has 0 bridgehead atoms. The fourth-order valence-corrected chi connectivity index (χ4v) is 3.02. The van der Waals surface area contributed by atoms with Crippen LogP contribution in [0.15, 0.2) is 36.5 Å². The molecule has 6 heteroatoms. The van der Waals surface area contributed by atoms with Gasteiger partial charge in [0.25, 0.3) is 0 Å². The monoisotopic (exact) mass is 324 g/mol. The average molecular weight is 324 g/mol. The van der Waals surface area contributed by atoms with Gasteiger partial charge in [0, 0.05) is 25.9 Å². The Hall–Kier alpha value is -2.65. The third-order valence-corrected chi connectivity index (χ3v) is 4.32. The molecule has 0 radical (unpaired) electrons. The Morgan fingerprint density at radius 2 is 2.21 bits per heavy atom. The molecule has 0 saturated carbocycles. The number of aromatic nitrogens is 2. The molecule has 0 aliphatic carbocycles. The van der Waals surface area contributed by atoms with Gasteiger partial charge in [-0.3, -0.25) is 9.48 Å². The van der Waals surface area contributed by atoms with E-state index in [2.05, 4.69) is 16.5 Å². The van der Waals surface area contributed by atoms with Crippen LogP contribution in [0.3, 0.4) is 0 Å². The highest BCUT2D eigenvalue weighted by atomic mass is 16.5. The van der Waals surface area contributed by atoms with Crippen LogP contribution < -0.4 is 5.32 Å². The third kappa shape index (κ3) is 3.31. The molecule has 2 atom stereocenters. The van der Waals surface area contributed by atoms with E-state index in [4.69, 9.17) is 10.00 Å². The standard InChI is InChI=1S/C18H20N4O2/c1-2-22-16(7-9-21-22)17-15(8-10-24-17)18(23)20-12-14-5-3-13(11-19)4-6-14/h3-7,9,15,17H,2,8,10,12H2,1H3,(H,20,23)/t15-,17-/m1/s1. The predicted octanol–water partition coefficient (Wildman–Crippen LogP) is 2.17. The van der Waals surface area contributed by atoms with E-state index < -0.39 is 0 Å². The molecule has 1 fully saturated rings. The van der Waals surface area contributed by atoms with Crippen molar-refractivity contribution >= 4 is 5.91 Å². The van der Waals surface area contributed by atoms with Crippen molar-refractivity contribution in [2.75, 3.05) is 6.61 Å². The van der Waals surface area contributed by atoms with Crippen LogP contribution in [0.25, 0.3) is 0 Å². The van der Waals surface area contributed by atoms with Crippen molar-refractivity contribution in [2.45, 2.75) is 32.5 Å². The van der Waals surface area contributed by atoms with Gasteiger partial charge in [0.1, 0.15) is 6.10 Å². The number of aryl methyl sites for hydroxylation is 1. The van der Waals surface area contributed by atoms with Gasteiger partial charge in [-0.1, -0.05) is 12.1 Å². The van der Waals surface area contributed by atoms with E-state index >= 15 is 0 Å². The van der Waals surface area contributed by atoms with Crippen molar-refractivity contribution < 1.29 is 9.53 Å². The summed E-state index contributed by atoms with van der Waals surface area (Å²) in [5.41, 5.74) is 2.53. The molecule has 124 valence electrons. The molecule has 2 heterocycles. The summed E-state index contributed by atoms with van der Waals surface area (Å²) in [5.74, 6) is -0.212. The first kappa shape index (κ1) is 16.2. The van der Waals surface area contributed by atoms with Crippen molar-refractivity contribution in [2.24, 2.45) is 5.92 Å². The van der Waals surface area contributed by atoms with Crippen LogP contribution in [-0.4, -0.2) is 22.3 Å². The summed E-state index contributed by atoms with van der Waals surface area (Å²) < 4.78 is 7.67. The van der Waals surface area contributed by atoms with E-state index in [9.17, 15) is 4.79 Å². The number of nitriles is 1. The summed E-state index contributed by atoms with van der Waals surface area (Å²) in [7, 11) is 0. The van der Waals surface area contributed by atoms with Crippen molar-refractivity contribution in [3.05, 3.63) is 53.3 Å². The Balaban J connectivity index is 1.64. The number of benzene rings is 1. The highest BCUT2D eigenvalue weighted by Gasteiger charge is 2.36. The summed E-state index contributed by atoms with van der Waals surface area (Å²) in [6, 6.07) is 11.2. The zero-order valence-electron chi connectivity index (χ0n) is 13.6. The fraction of sp³-hybridized carbons (Fsp3) is 0.389. The summed E-state index contributed by atoms with van der Waals surface area (Å²) >= 11 is 0. The Morgan fingerprint density at radius 1 is 1.42 bits per heavy atom. The minimum Gasteiger partial charge on any atom is -0.371 e. The Morgan fingerprint density at radius 3 is 2.92 bits per heavy atom. The minimum atomic E-state index is -0.242. The van der Waals surface area contributed by atoms with E-state index in [1.165, 1.54) is 0 Å². The number of nitrogens with one attached hydrogen (secondary N) is 1. The van der Waals surface area contributed by atoms with Crippen molar-refractivity contribution in [3.8, 4) is 6.07 Å². The van der Waals surface area contributed by atoms with Gasteiger partial charge in [0.05, 0.1) is 23.2 Å². The van der Waals surface area contributed by atoms with E-state index in [-0.39, 0.29) is 17.9 Å². The maximum absolute atomic E-state index is 12.6. The van der Waals surface area contributed by atoms with Crippen LogP contribution in [0.4, 0.5) is 0 Å². The molecule has 1 amide bonds. The first-order valence-corrected chi connectivity index (χ1v) is 8.13. The van der Waals surface area contributed by atoms with Crippen molar-refractivity contribution in [3.63, 3.8) is 0 Å². The second-order valence-corrected chi connectivity index (χ2v) is 5.78. The molecule has 1 aromatic carbocycles. The molecule has 1 aliphatic rings. The molecule has 1 saturated heterocycles. The van der Waals surface area contributed by atoms with Crippen molar-refractivity contribution in [1.29, 1.82) is 5.26 Å². The van der Waals surface area contributed by atoms with E-state index in [0.29, 0.717) is 25.1 Å². The number of hydrogen-bond acceptors (Lipinski definition) is 4. The molecule has 1 aromatic heterocycles. The van der Waals surface area contributed by atoms with Gasteiger partial charge in [-0.25, -0.2) is 0 Å². The quantitative estimate of drug-likeness (QED) is 0.914. The lowest BCUT2D eigenvalue weighted by Gasteiger charge is -2.19. The molecular formula is C18H20N4O2. The molecular weight excluding hydrogens is 304 g/mol. The normalized spacial score (nSPS) is 19.8. The summed E-state index contributed by atoms with van der Waals surface area (Å²) in [5, 5.41) is 16.0. The fourth-order valence-electron chi connectivity index (χ4n) is 3.02. The van der Waals surface area contributed by atoms with Crippen LogP contribution in [0.1, 0.15) is 36.3 Å². The lowest BCUT2D eigenvalue weighted by atomic mass is 9.97. The smallest absolute Gasteiger partial charge is 0.226 e. The summed E-state index contributed by atoms with van der Waals surface area (Å²) in [6.45, 7) is 3.79. The zero-order valence-corrected chi connectivity index (χ0v) is 13.6. The number of carbonyl (C=O) groups excluding carboxylic acids is 1. The molecule has 6 nitrogen and oxygen atoms in total. The number of nitrogens with zero attached hydrogens (tertiary/aromatic N) is 3. The Labute approximate surface area is 141 Å². The van der Waals surface area contributed by atoms with E-state index in [1.54, 1.807) is 18.3 Å². The van der Waals surface area contributed by atoms with Gasteiger partial charge in [-0.2, -0.15) is 10.4 Å². The molecule has 24 heavy (non-hydrogen) atoms. The van der Waals surface area contributed by atoms with Gasteiger partial charge in [0.15, 0.2) is 0 Å². The number of carbonyl (C=O) groups is 1. The largest absolute Gasteiger partial charge is 0.371 e. The van der Waals surface area contributed by atoms with Crippen molar-refractivity contribution in [1.82, 2.24) is 15.1 Å². The second kappa shape index (κ2) is 7.28. The molecule has 1 aliphatic heterocycles. The van der Waals surface area contributed by atoms with Gasteiger partial charge >= 0.3 is 0 Å². The highest BCUT2D eigenvalue weighted by molar-refractivity contribution is 5.79. The SMILES string of the molecule is CCn1nccc1[C@@H]1OCC[C@H]1C(=O)NCc1ccc(C#N)cc1.